The minimum atomic E-state index is 0.380. The lowest BCUT2D eigenvalue weighted by Crippen LogP contribution is -2.31. The summed E-state index contributed by atoms with van der Waals surface area (Å²) in [4.78, 5) is 4.61. The van der Waals surface area contributed by atoms with Crippen molar-refractivity contribution in [3.05, 3.63) is 133 Å². The first-order valence-corrected chi connectivity index (χ1v) is 36.8. The van der Waals surface area contributed by atoms with Crippen molar-refractivity contribution < 1.29 is 104 Å². The van der Waals surface area contributed by atoms with Gasteiger partial charge >= 0.3 is 0 Å². The molecule has 2 saturated heterocycles. The van der Waals surface area contributed by atoms with Crippen molar-refractivity contribution in [2.75, 3.05) is 300 Å². The van der Waals surface area contributed by atoms with E-state index in [2.05, 4.69) is 107 Å². The molecule has 4 heterocycles. The summed E-state index contributed by atoms with van der Waals surface area (Å²) in [6.07, 6.45) is 0. The van der Waals surface area contributed by atoms with Gasteiger partial charge in [-0.3, -0.25) is 0 Å². The Labute approximate surface area is 614 Å². The van der Waals surface area contributed by atoms with E-state index in [1.807, 2.05) is 36.4 Å². The Morgan fingerprint density at radius 2 is 0.298 bits per heavy atom. The van der Waals surface area contributed by atoms with Gasteiger partial charge in [0.15, 0.2) is 23.0 Å². The Kier molecular flexibility index (Phi) is 41.0. The maximum Gasteiger partial charge on any atom is 0.161 e. The van der Waals surface area contributed by atoms with Crippen molar-refractivity contribution in [3.8, 4) is 67.5 Å². The van der Waals surface area contributed by atoms with Gasteiger partial charge in [0.1, 0.15) is 26.4 Å². The van der Waals surface area contributed by atoms with Crippen LogP contribution in [-0.2, 0) is 85.3 Å². The summed E-state index contributed by atoms with van der Waals surface area (Å²) in [5.41, 5.74) is 11.0. The quantitative estimate of drug-likeness (QED) is 0.152. The van der Waals surface area contributed by atoms with Gasteiger partial charge in [-0.15, -0.1) is 0 Å². The Balaban J connectivity index is 0.000000242. The summed E-state index contributed by atoms with van der Waals surface area (Å²) in [5.74, 6) is 2.59. The molecule has 0 spiro atoms. The van der Waals surface area contributed by atoms with Crippen LogP contribution in [0.25, 0.3) is 44.5 Å². The highest BCUT2D eigenvalue weighted by molar-refractivity contribution is 5.74. The van der Waals surface area contributed by atoms with Crippen LogP contribution in [0, 0.1) is 0 Å². The molecule has 0 N–H and O–H groups in total. The first-order valence-electron chi connectivity index (χ1n) is 36.8. The van der Waals surface area contributed by atoms with Crippen molar-refractivity contribution in [2.45, 2.75) is 0 Å². The fourth-order valence-corrected chi connectivity index (χ4v) is 11.0. The number of rotatable bonds is 6. The molecule has 24 heteroatoms. The summed E-state index contributed by atoms with van der Waals surface area (Å²) in [6, 6.07) is 46.5. The van der Waals surface area contributed by atoms with Gasteiger partial charge in [-0.1, -0.05) is 84.9 Å². The van der Waals surface area contributed by atoms with E-state index in [1.54, 1.807) is 0 Å². The average Bonchev–Trinajstić information content (AvgIpc) is 0.822. The lowest BCUT2D eigenvalue weighted by Gasteiger charge is -2.25. The summed E-state index contributed by atoms with van der Waals surface area (Å²) in [7, 11) is 0. The van der Waals surface area contributed by atoms with E-state index < -0.39 is 0 Å². The minimum Gasteiger partial charge on any atom is -0.487 e. The van der Waals surface area contributed by atoms with Crippen LogP contribution in [0.2, 0.25) is 0 Å². The molecule has 10 rings (SSSR count). The minimum absolute atomic E-state index is 0.380. The van der Waals surface area contributed by atoms with E-state index in [-0.39, 0.29) is 0 Å². The summed E-state index contributed by atoms with van der Waals surface area (Å²) in [5, 5.41) is 0. The van der Waals surface area contributed by atoms with Gasteiger partial charge in [0.2, 0.25) is 0 Å². The van der Waals surface area contributed by atoms with Gasteiger partial charge in [-0.25, -0.2) is 0 Å². The molecule has 0 saturated carbocycles. The molecule has 104 heavy (non-hydrogen) atoms. The second-order valence-electron chi connectivity index (χ2n) is 24.0. The first-order chi connectivity index (χ1) is 51.7. The van der Waals surface area contributed by atoms with Crippen molar-refractivity contribution in [3.63, 3.8) is 0 Å². The molecule has 0 aliphatic carbocycles. The maximum atomic E-state index is 6.12. The molecular formula is C80H110N2O22. The number of ether oxygens (including phenoxy) is 22. The van der Waals surface area contributed by atoms with Crippen LogP contribution in [0.4, 0.5) is 11.4 Å². The van der Waals surface area contributed by atoms with E-state index in [9.17, 15) is 0 Å². The molecule has 4 aliphatic rings. The number of hydrogen-bond donors (Lipinski definition) is 0. The Morgan fingerprint density at radius 3 is 0.510 bits per heavy atom. The normalized spacial score (nSPS) is 19.7. The molecule has 6 aromatic carbocycles. The van der Waals surface area contributed by atoms with Crippen LogP contribution in [0.15, 0.2) is 133 Å². The van der Waals surface area contributed by atoms with Crippen molar-refractivity contribution in [1.29, 1.82) is 0 Å². The average molecular weight is 1450 g/mol. The second kappa shape index (κ2) is 52.4. The van der Waals surface area contributed by atoms with Crippen LogP contribution < -0.4 is 28.7 Å². The Morgan fingerprint density at radius 1 is 0.144 bits per heavy atom. The van der Waals surface area contributed by atoms with Gasteiger partial charge in [0, 0.05) is 37.6 Å². The molecule has 0 amide bonds. The third-order valence-electron chi connectivity index (χ3n) is 16.6. The molecule has 4 aliphatic heterocycles. The number of benzene rings is 6. The zero-order valence-electron chi connectivity index (χ0n) is 60.7. The van der Waals surface area contributed by atoms with Gasteiger partial charge < -0.3 is 114 Å². The van der Waals surface area contributed by atoms with Gasteiger partial charge in [0.25, 0.3) is 0 Å². The maximum absolute atomic E-state index is 6.12. The standard InChI is InChI=1S/C42H60N2O10.C38H50O12/c1-2-38(40-7-11-42(12-8-40)44-15-19-47-23-27-51-31-35-54-36-32-52-28-24-48-20-16-44)4-3-37(1)39-5-9-41(10-6-39)43-13-17-45-21-25-49-29-33-53-34-30-50-26-22-46-18-14-43;1-2-32(34-6-8-36-38(30-34)50-28-24-46-20-16-42-12-10-40-14-18-44-22-26-48-36)4-3-31(1)33-5-7-35-37(29-33)49-27-23-45-19-15-41-11-9-39-13-17-43-21-25-47-35/h1-12H,13-36H2;1-8,29-30H,9-28H2. The topological polar surface area (TPSA) is 210 Å². The number of fused-ring (bicyclic) bond motifs is 2. The highest BCUT2D eigenvalue weighted by atomic mass is 16.6. The predicted octanol–water partition coefficient (Wildman–Crippen LogP) is 9.52. The zero-order valence-corrected chi connectivity index (χ0v) is 60.7. The molecule has 0 aromatic heterocycles. The highest BCUT2D eigenvalue weighted by Gasteiger charge is 2.16. The Hall–Kier alpha value is -6.60. The smallest absolute Gasteiger partial charge is 0.161 e. The van der Waals surface area contributed by atoms with E-state index in [0.717, 1.165) is 59.8 Å². The van der Waals surface area contributed by atoms with E-state index in [0.29, 0.717) is 287 Å². The second-order valence-corrected chi connectivity index (χ2v) is 24.0. The zero-order chi connectivity index (χ0) is 71.5. The Bertz CT molecular complexity index is 2890. The third-order valence-corrected chi connectivity index (χ3v) is 16.6. The number of anilines is 2. The molecule has 0 atom stereocenters. The molecule has 24 nitrogen and oxygen atoms in total. The van der Waals surface area contributed by atoms with Gasteiger partial charge in [-0.2, -0.15) is 0 Å². The number of nitrogens with zero attached hydrogens (tertiary/aromatic N) is 2. The van der Waals surface area contributed by atoms with Crippen molar-refractivity contribution in [2.24, 2.45) is 0 Å². The van der Waals surface area contributed by atoms with Gasteiger partial charge in [0.05, 0.1) is 238 Å². The summed E-state index contributed by atoms with van der Waals surface area (Å²) < 4.78 is 126. The SMILES string of the molecule is c1cc(-c2ccc(N3CCOCCOCCOCCOCCOCC3)cc2)ccc1-c1ccc(N2CCOCCOCCOCCOCCOCC2)cc1.c1cc(-c2ccc3c(c2)OCCOCCOCCOCCOCCO3)ccc1-c1ccc2c(c1)OCCOCCOCCOCCOCCO2. The summed E-state index contributed by atoms with van der Waals surface area (Å²) >= 11 is 0. The molecule has 0 unspecified atom stereocenters. The van der Waals surface area contributed by atoms with E-state index in [1.165, 1.54) is 22.3 Å². The highest BCUT2D eigenvalue weighted by Crippen LogP contribution is 2.37. The van der Waals surface area contributed by atoms with Crippen LogP contribution in [0.1, 0.15) is 0 Å². The van der Waals surface area contributed by atoms with E-state index >= 15 is 0 Å². The fraction of sp³-hybridized carbons (Fsp3) is 0.550. The van der Waals surface area contributed by atoms with Crippen LogP contribution in [0.3, 0.4) is 0 Å². The molecule has 6 aromatic rings. The number of hydrogen-bond acceptors (Lipinski definition) is 24. The fourth-order valence-electron chi connectivity index (χ4n) is 11.0. The molecular weight excluding hydrogens is 1340 g/mol. The first kappa shape index (κ1) is 81.5. The van der Waals surface area contributed by atoms with Crippen LogP contribution >= 0.6 is 0 Å². The monoisotopic (exact) mass is 1450 g/mol. The van der Waals surface area contributed by atoms with Gasteiger partial charge in [-0.05, 0) is 93.0 Å². The molecule has 2 fully saturated rings. The van der Waals surface area contributed by atoms with Crippen LogP contribution in [0.5, 0.6) is 23.0 Å². The lowest BCUT2D eigenvalue weighted by atomic mass is 9.99. The van der Waals surface area contributed by atoms with Crippen molar-refractivity contribution in [1.82, 2.24) is 0 Å². The molecule has 0 bridgehead atoms. The summed E-state index contributed by atoms with van der Waals surface area (Å²) in [6.45, 7) is 23.7. The third kappa shape index (κ3) is 32.6. The lowest BCUT2D eigenvalue weighted by molar-refractivity contribution is -0.0116. The molecule has 0 radical (unpaired) electrons. The molecule has 572 valence electrons. The van der Waals surface area contributed by atoms with E-state index in [4.69, 9.17) is 104 Å². The van der Waals surface area contributed by atoms with Crippen LogP contribution in [-0.4, -0.2) is 290 Å². The predicted molar refractivity (Wildman–Crippen MR) is 396 cm³/mol. The van der Waals surface area contributed by atoms with Crippen molar-refractivity contribution >= 4 is 11.4 Å². The largest absolute Gasteiger partial charge is 0.487 e.